The minimum absolute atomic E-state index is 0.0386. The third-order valence-electron chi connectivity index (χ3n) is 3.16. The summed E-state index contributed by atoms with van der Waals surface area (Å²) in [4.78, 5) is 14.4. The Morgan fingerprint density at radius 1 is 1.53 bits per heavy atom. The van der Waals surface area contributed by atoms with Gasteiger partial charge in [0, 0.05) is 23.6 Å². The minimum Gasteiger partial charge on any atom is -0.295 e. The molecule has 0 amide bonds. The van der Waals surface area contributed by atoms with E-state index in [1.54, 1.807) is 17.8 Å². The maximum Gasteiger partial charge on any atom is 0.181 e. The van der Waals surface area contributed by atoms with Gasteiger partial charge in [-0.3, -0.25) is 9.69 Å². The summed E-state index contributed by atoms with van der Waals surface area (Å²) in [6, 6.07) is 4.30. The van der Waals surface area contributed by atoms with Crippen molar-refractivity contribution < 1.29 is 9.18 Å². The number of aryl methyl sites for hydroxylation is 1. The summed E-state index contributed by atoms with van der Waals surface area (Å²) in [7, 11) is 1.96. The molecule has 0 saturated carbocycles. The van der Waals surface area contributed by atoms with E-state index >= 15 is 0 Å². The zero-order valence-electron chi connectivity index (χ0n) is 10.1. The molecule has 1 heterocycles. The molecular weight excluding hydrogens is 237 g/mol. The Morgan fingerprint density at radius 3 is 3.00 bits per heavy atom. The average molecular weight is 253 g/mol. The van der Waals surface area contributed by atoms with Crippen molar-refractivity contribution in [2.24, 2.45) is 0 Å². The van der Waals surface area contributed by atoms with Crippen molar-refractivity contribution in [1.82, 2.24) is 4.90 Å². The van der Waals surface area contributed by atoms with Gasteiger partial charge in [-0.05, 0) is 31.7 Å². The molecule has 0 spiro atoms. The van der Waals surface area contributed by atoms with Gasteiger partial charge in [-0.2, -0.15) is 11.8 Å². The molecule has 0 aliphatic carbocycles. The van der Waals surface area contributed by atoms with Gasteiger partial charge in [-0.15, -0.1) is 0 Å². The number of rotatable bonds is 2. The van der Waals surface area contributed by atoms with Crippen LogP contribution >= 0.6 is 11.8 Å². The van der Waals surface area contributed by atoms with Crippen LogP contribution in [0.3, 0.4) is 0 Å². The summed E-state index contributed by atoms with van der Waals surface area (Å²) in [5, 5.41) is 0. The smallest absolute Gasteiger partial charge is 0.181 e. The molecule has 1 aromatic rings. The first-order valence-corrected chi connectivity index (χ1v) is 6.83. The molecule has 0 bridgehead atoms. The molecule has 2 rings (SSSR count). The largest absolute Gasteiger partial charge is 0.295 e. The van der Waals surface area contributed by atoms with Gasteiger partial charge < -0.3 is 0 Å². The van der Waals surface area contributed by atoms with E-state index in [4.69, 9.17) is 0 Å². The van der Waals surface area contributed by atoms with Crippen LogP contribution in [0.4, 0.5) is 4.39 Å². The maximum absolute atomic E-state index is 13.2. The van der Waals surface area contributed by atoms with E-state index in [9.17, 15) is 9.18 Å². The molecule has 2 nitrogen and oxygen atoms in total. The highest BCUT2D eigenvalue weighted by Crippen LogP contribution is 2.20. The van der Waals surface area contributed by atoms with Crippen LogP contribution in [0.5, 0.6) is 0 Å². The SMILES string of the molecule is Cc1ccc(F)cc1C(=O)C1CSCCN1C. The molecule has 1 aliphatic heterocycles. The Bertz CT molecular complexity index is 435. The van der Waals surface area contributed by atoms with E-state index in [-0.39, 0.29) is 17.6 Å². The number of Topliss-reactive ketones (excluding diaryl/α,β-unsaturated/α-hetero) is 1. The number of carbonyl (C=O) groups excluding carboxylic acids is 1. The summed E-state index contributed by atoms with van der Waals surface area (Å²) in [6.45, 7) is 2.76. The quantitative estimate of drug-likeness (QED) is 0.755. The molecule has 0 aromatic heterocycles. The molecule has 0 N–H and O–H groups in total. The predicted octanol–water partition coefficient (Wildman–Crippen LogP) is 2.36. The van der Waals surface area contributed by atoms with E-state index < -0.39 is 0 Å². The summed E-state index contributed by atoms with van der Waals surface area (Å²) in [6.07, 6.45) is 0. The fraction of sp³-hybridized carbons (Fsp3) is 0.462. The second kappa shape index (κ2) is 5.19. The summed E-state index contributed by atoms with van der Waals surface area (Å²) in [5.41, 5.74) is 1.37. The third-order valence-corrected chi connectivity index (χ3v) is 4.19. The average Bonchev–Trinajstić information content (AvgIpc) is 2.32. The Balaban J connectivity index is 2.26. The van der Waals surface area contributed by atoms with Crippen LogP contribution in [0.1, 0.15) is 15.9 Å². The number of likely N-dealkylation sites (N-methyl/N-ethyl adjacent to an activating group) is 1. The van der Waals surface area contributed by atoms with E-state index in [1.807, 2.05) is 14.0 Å². The standard InChI is InChI=1S/C13H16FNOS/c1-9-3-4-10(14)7-11(9)13(16)12-8-17-6-5-15(12)2/h3-4,7,12H,5-6,8H2,1-2H3. The van der Waals surface area contributed by atoms with Gasteiger partial charge in [0.25, 0.3) is 0 Å². The van der Waals surface area contributed by atoms with E-state index in [1.165, 1.54) is 12.1 Å². The highest BCUT2D eigenvalue weighted by molar-refractivity contribution is 7.99. The highest BCUT2D eigenvalue weighted by Gasteiger charge is 2.28. The van der Waals surface area contributed by atoms with Gasteiger partial charge in [-0.1, -0.05) is 6.07 Å². The van der Waals surface area contributed by atoms with Crippen LogP contribution in [0.2, 0.25) is 0 Å². The minimum atomic E-state index is -0.343. The van der Waals surface area contributed by atoms with Crippen molar-refractivity contribution in [1.29, 1.82) is 0 Å². The molecule has 1 saturated heterocycles. The molecule has 92 valence electrons. The number of ketones is 1. The number of thioether (sulfide) groups is 1. The lowest BCUT2D eigenvalue weighted by Gasteiger charge is -2.31. The zero-order valence-corrected chi connectivity index (χ0v) is 10.9. The van der Waals surface area contributed by atoms with Crippen LogP contribution < -0.4 is 0 Å². The first-order chi connectivity index (χ1) is 8.09. The van der Waals surface area contributed by atoms with Gasteiger partial charge in [-0.25, -0.2) is 4.39 Å². The number of hydrogen-bond donors (Lipinski definition) is 0. The Labute approximate surface area is 105 Å². The van der Waals surface area contributed by atoms with Gasteiger partial charge in [0.15, 0.2) is 5.78 Å². The lowest BCUT2D eigenvalue weighted by Crippen LogP contribution is -2.45. The number of carbonyl (C=O) groups is 1. The number of benzene rings is 1. The first kappa shape index (κ1) is 12.6. The van der Waals surface area contributed by atoms with Crippen molar-refractivity contribution >= 4 is 17.5 Å². The molecule has 4 heteroatoms. The summed E-state index contributed by atoms with van der Waals surface area (Å²) < 4.78 is 13.2. The third kappa shape index (κ3) is 2.69. The zero-order chi connectivity index (χ0) is 12.4. The maximum atomic E-state index is 13.2. The van der Waals surface area contributed by atoms with Crippen LogP contribution in [-0.2, 0) is 0 Å². The van der Waals surface area contributed by atoms with Gasteiger partial charge in [0.2, 0.25) is 0 Å². The Hall–Kier alpha value is -0.870. The second-order valence-electron chi connectivity index (χ2n) is 4.39. The molecule has 17 heavy (non-hydrogen) atoms. The topological polar surface area (TPSA) is 20.3 Å². The fourth-order valence-corrected chi connectivity index (χ4v) is 3.21. The van der Waals surface area contributed by atoms with Crippen molar-refractivity contribution in [3.63, 3.8) is 0 Å². The normalized spacial score (nSPS) is 21.5. The van der Waals surface area contributed by atoms with Crippen LogP contribution in [-0.4, -0.2) is 41.8 Å². The molecule has 1 fully saturated rings. The van der Waals surface area contributed by atoms with Gasteiger partial charge in [0.05, 0.1) is 6.04 Å². The van der Waals surface area contributed by atoms with E-state index in [0.29, 0.717) is 5.56 Å². The van der Waals surface area contributed by atoms with Crippen molar-refractivity contribution in [2.45, 2.75) is 13.0 Å². The summed E-state index contributed by atoms with van der Waals surface area (Å²) >= 11 is 1.78. The van der Waals surface area contributed by atoms with Crippen molar-refractivity contribution in [2.75, 3.05) is 25.1 Å². The number of hydrogen-bond acceptors (Lipinski definition) is 3. The molecule has 1 aromatic carbocycles. The fourth-order valence-electron chi connectivity index (χ4n) is 2.00. The van der Waals surface area contributed by atoms with Crippen molar-refractivity contribution in [3.05, 3.63) is 35.1 Å². The van der Waals surface area contributed by atoms with Crippen LogP contribution in [0.25, 0.3) is 0 Å². The lowest BCUT2D eigenvalue weighted by atomic mass is 9.99. The lowest BCUT2D eigenvalue weighted by molar-refractivity contribution is 0.0873. The predicted molar refractivity (Wildman–Crippen MR) is 69.2 cm³/mol. The van der Waals surface area contributed by atoms with E-state index in [2.05, 4.69) is 4.90 Å². The molecular formula is C13H16FNOS. The van der Waals surface area contributed by atoms with Crippen LogP contribution in [0.15, 0.2) is 18.2 Å². The van der Waals surface area contributed by atoms with Crippen LogP contribution in [0, 0.1) is 12.7 Å². The second-order valence-corrected chi connectivity index (χ2v) is 5.54. The van der Waals surface area contributed by atoms with Gasteiger partial charge in [0.1, 0.15) is 5.82 Å². The summed E-state index contributed by atoms with van der Waals surface area (Å²) in [5.74, 6) is 1.55. The highest BCUT2D eigenvalue weighted by atomic mass is 32.2. The van der Waals surface area contributed by atoms with Gasteiger partial charge >= 0.3 is 0 Å². The number of halogens is 1. The monoisotopic (exact) mass is 253 g/mol. The Kier molecular flexibility index (Phi) is 3.84. The molecule has 1 unspecified atom stereocenters. The molecule has 0 radical (unpaired) electrons. The van der Waals surface area contributed by atoms with E-state index in [0.717, 1.165) is 23.6 Å². The molecule has 1 atom stereocenters. The Morgan fingerprint density at radius 2 is 2.29 bits per heavy atom. The molecule has 1 aliphatic rings. The number of nitrogens with zero attached hydrogens (tertiary/aromatic N) is 1. The first-order valence-electron chi connectivity index (χ1n) is 5.68. The van der Waals surface area contributed by atoms with Crippen molar-refractivity contribution in [3.8, 4) is 0 Å².